The van der Waals surface area contributed by atoms with Crippen LogP contribution in [0.5, 0.6) is 0 Å². The van der Waals surface area contributed by atoms with Gasteiger partial charge in [-0.3, -0.25) is 9.59 Å². The van der Waals surface area contributed by atoms with Gasteiger partial charge >= 0.3 is 12.2 Å². The van der Waals surface area contributed by atoms with Crippen LogP contribution in [0.1, 0.15) is 77.1 Å². The van der Waals surface area contributed by atoms with Gasteiger partial charge in [0, 0.05) is 51.8 Å². The molecule has 2 fully saturated rings. The second-order valence-electron chi connectivity index (χ2n) is 14.8. The summed E-state index contributed by atoms with van der Waals surface area (Å²) < 4.78 is 9.49. The van der Waals surface area contributed by atoms with Crippen molar-refractivity contribution < 1.29 is 66.6 Å². The Morgan fingerprint density at radius 2 is 1.25 bits per heavy atom. The van der Waals surface area contributed by atoms with E-state index in [1.165, 1.54) is 14.2 Å². The van der Waals surface area contributed by atoms with E-state index in [9.17, 15) is 19.2 Å². The molecule has 16 nitrogen and oxygen atoms in total. The Morgan fingerprint density at radius 3 is 1.73 bits per heavy atom. The quantitative estimate of drug-likeness (QED) is 0.0652. The molecule has 0 aliphatic carbocycles. The number of nitrogens with zero attached hydrogens (tertiary/aromatic N) is 6. The van der Waals surface area contributed by atoms with Gasteiger partial charge in [0.2, 0.25) is 11.8 Å². The van der Waals surface area contributed by atoms with Crippen molar-refractivity contribution in [3.8, 4) is 33.6 Å². The zero-order valence-corrected chi connectivity index (χ0v) is 37.1. The Morgan fingerprint density at radius 1 is 0.797 bits per heavy atom. The number of alkyl carbamates (subject to hydrolysis) is 2. The summed E-state index contributed by atoms with van der Waals surface area (Å²) in [6.07, 6.45) is 6.29. The minimum atomic E-state index is -0.701. The van der Waals surface area contributed by atoms with E-state index >= 15 is 0 Å². The van der Waals surface area contributed by atoms with Gasteiger partial charge in [0.15, 0.2) is 0 Å². The standard InChI is InChI=1S/C40H50N8O6.CH2BNO.Y/c1-23(2)33(45-39(51)53-5)37(49)47-19-7-9-31(47)35-41-21-29(43-35)27-15-11-25(12-16-27)26-13-17-28(18-14-26)30-22-42-36(44-30)32-10-8-20-48(32)38(50)34(24(3)4)46-40(52)54-6;2-1-3-4;/h11-18,21-24,31-34H,7-10,19-20H2,1-6H3,(H4,41,42,43,44,45,46,51,52);1,4H;/p-1/b;3-1+;/t31?,32?,33-,34-;;/m0../s1. The van der Waals surface area contributed by atoms with Crippen LogP contribution in [-0.2, 0) is 51.8 Å². The van der Waals surface area contributed by atoms with Gasteiger partial charge in [0.25, 0.3) is 0 Å². The smallest absolute Gasteiger partial charge is 0.407 e. The van der Waals surface area contributed by atoms with Crippen LogP contribution in [0.2, 0.25) is 0 Å². The fourth-order valence-electron chi connectivity index (χ4n) is 7.31. The molecule has 59 heavy (non-hydrogen) atoms. The fourth-order valence-corrected chi connectivity index (χ4v) is 7.31. The second-order valence-corrected chi connectivity index (χ2v) is 14.8. The van der Waals surface area contributed by atoms with Crippen molar-refractivity contribution >= 4 is 38.0 Å². The number of nitrogens with one attached hydrogen (secondary N) is 3. The summed E-state index contributed by atoms with van der Waals surface area (Å²) in [6.45, 7) is 8.74. The molecular weight excluding hydrogens is 830 g/mol. The van der Waals surface area contributed by atoms with E-state index in [1.807, 2.05) is 52.0 Å². The van der Waals surface area contributed by atoms with Crippen molar-refractivity contribution in [2.24, 2.45) is 17.0 Å². The van der Waals surface area contributed by atoms with E-state index in [0.29, 0.717) is 18.9 Å². The molecule has 2 saturated heterocycles. The zero-order valence-electron chi connectivity index (χ0n) is 34.3. The number of oxime groups is 1. The number of methoxy groups -OCH3 is 2. The van der Waals surface area contributed by atoms with Crippen molar-refractivity contribution in [3.63, 3.8) is 0 Å². The van der Waals surface area contributed by atoms with Crippen LogP contribution in [0.15, 0.2) is 66.1 Å². The predicted molar refractivity (Wildman–Crippen MR) is 218 cm³/mol. The number of ether oxygens (including phenoxy) is 2. The van der Waals surface area contributed by atoms with Crippen LogP contribution in [0.3, 0.4) is 0 Å². The van der Waals surface area contributed by atoms with Crippen LogP contribution in [0.4, 0.5) is 9.59 Å². The number of likely N-dealkylation sites (tertiary alicyclic amines) is 2. The second kappa shape index (κ2) is 21.8. The predicted octanol–water partition coefficient (Wildman–Crippen LogP) is 5.42. The first kappa shape index (κ1) is 46.7. The van der Waals surface area contributed by atoms with Gasteiger partial charge in [-0.25, -0.2) is 14.6 Å². The molecule has 4 N–H and O–H groups in total. The first-order chi connectivity index (χ1) is 27.9. The molecule has 4 heterocycles. The third-order valence-corrected chi connectivity index (χ3v) is 10.4. The molecule has 4 amide bonds. The van der Waals surface area contributed by atoms with Gasteiger partial charge in [-0.2, -0.15) is 0 Å². The molecule has 0 saturated carbocycles. The number of aromatic nitrogens is 4. The maximum absolute atomic E-state index is 13.5. The molecule has 18 heteroatoms. The summed E-state index contributed by atoms with van der Waals surface area (Å²) in [4.78, 5) is 72.0. The summed E-state index contributed by atoms with van der Waals surface area (Å²) in [7, 11) is 7.06. The van der Waals surface area contributed by atoms with Crippen molar-refractivity contribution in [2.45, 2.75) is 77.5 Å². The van der Waals surface area contributed by atoms with Gasteiger partial charge in [-0.15, -0.1) is 5.16 Å². The third-order valence-electron chi connectivity index (χ3n) is 10.4. The first-order valence-corrected chi connectivity index (χ1v) is 19.3. The molecular formula is C41H51BN9O7Y-. The number of carbonyl (C=O) groups is 4. The first-order valence-electron chi connectivity index (χ1n) is 19.3. The molecule has 0 bridgehead atoms. The Labute approximate surface area is 371 Å². The van der Waals surface area contributed by atoms with Crippen LogP contribution in [0.25, 0.3) is 33.6 Å². The van der Waals surface area contributed by atoms with E-state index in [1.54, 1.807) is 22.2 Å². The molecule has 2 unspecified atom stereocenters. The Balaban J connectivity index is 0.00000147. The minimum absolute atomic E-state index is 0. The Kier molecular flexibility index (Phi) is 17.3. The van der Waals surface area contributed by atoms with Crippen molar-refractivity contribution in [1.82, 2.24) is 40.4 Å². The topological polar surface area (TPSA) is 206 Å². The SMILES string of the molecule is COC(=O)N[C@H](C(=O)N1CCCC1c1ncc(-c2ccc(-c3ccc(-c4cnc(C5CCCN5C(=O)[C@@H](NC(=O)OC)C(C)C)[nH]4)cc3)cc2)[n-]1)C(C)C.[B]/C=N/O.[Y]. The average Bonchev–Trinajstić information content (AvgIpc) is 4.08. The number of imidazole rings is 2. The number of hydrogen-bond donors (Lipinski definition) is 4. The molecule has 4 atom stereocenters. The fraction of sp³-hybridized carbons (Fsp3) is 0.439. The van der Waals surface area contributed by atoms with E-state index in [4.69, 9.17) is 19.7 Å². The zero-order chi connectivity index (χ0) is 41.9. The number of hydrogen-bond acceptors (Lipinski definition) is 10. The molecule has 309 valence electrons. The number of amides is 4. The molecule has 2 aromatic heterocycles. The largest absolute Gasteiger partial charge is 0.453 e. The normalized spacial score (nSPS) is 17.2. The third kappa shape index (κ3) is 11.4. The van der Waals surface area contributed by atoms with Crippen LogP contribution in [-0.4, -0.2) is 107 Å². The molecule has 3 radical (unpaired) electrons. The Hall–Kier alpha value is -5.02. The van der Waals surface area contributed by atoms with Gasteiger partial charge in [-0.1, -0.05) is 88.2 Å². The number of rotatable bonds is 11. The van der Waals surface area contributed by atoms with Crippen LogP contribution >= 0.6 is 0 Å². The maximum atomic E-state index is 13.5. The summed E-state index contributed by atoms with van der Waals surface area (Å²) in [6, 6.07) is 14.5. The van der Waals surface area contributed by atoms with Gasteiger partial charge in [-0.05, 0) is 71.6 Å². The monoisotopic (exact) mass is 881 g/mol. The van der Waals surface area contributed by atoms with E-state index in [2.05, 4.69) is 62.9 Å². The summed E-state index contributed by atoms with van der Waals surface area (Å²) in [5, 5.41) is 15.1. The molecule has 2 aliphatic heterocycles. The van der Waals surface area contributed by atoms with Crippen molar-refractivity contribution in [3.05, 3.63) is 72.6 Å². The van der Waals surface area contributed by atoms with Crippen LogP contribution in [0, 0.1) is 11.8 Å². The molecule has 2 aliphatic rings. The van der Waals surface area contributed by atoms with Crippen LogP contribution < -0.4 is 15.6 Å². The number of H-pyrrole nitrogens is 1. The summed E-state index contributed by atoms with van der Waals surface area (Å²) in [5.74, 6) is 0.794. The molecule has 6 rings (SSSR count). The molecule has 0 spiro atoms. The Bertz CT molecular complexity index is 1890. The van der Waals surface area contributed by atoms with E-state index in [-0.39, 0.29) is 68.4 Å². The summed E-state index contributed by atoms with van der Waals surface area (Å²) >= 11 is 0. The van der Waals surface area contributed by atoms with Crippen molar-refractivity contribution in [2.75, 3.05) is 27.3 Å². The summed E-state index contributed by atoms with van der Waals surface area (Å²) in [5.41, 5.74) is 5.56. The number of aromatic amines is 1. The van der Waals surface area contributed by atoms with E-state index < -0.39 is 24.3 Å². The van der Waals surface area contributed by atoms with Gasteiger partial charge < -0.3 is 50.1 Å². The van der Waals surface area contributed by atoms with Gasteiger partial charge in [0.1, 0.15) is 25.8 Å². The molecule has 2 aromatic carbocycles. The number of benzene rings is 2. The van der Waals surface area contributed by atoms with Crippen molar-refractivity contribution in [1.29, 1.82) is 0 Å². The minimum Gasteiger partial charge on any atom is -0.453 e. The number of carbonyl (C=O) groups excluding carboxylic acids is 4. The van der Waals surface area contributed by atoms with Gasteiger partial charge in [0.05, 0.1) is 32.2 Å². The maximum Gasteiger partial charge on any atom is 0.407 e. The molecule has 4 aromatic rings. The average molecular weight is 882 g/mol. The van der Waals surface area contributed by atoms with E-state index in [0.717, 1.165) is 71.3 Å².